The Hall–Kier alpha value is -2.71. The molecule has 0 fully saturated rings. The largest absolute Gasteiger partial charge is 0.480 e. The summed E-state index contributed by atoms with van der Waals surface area (Å²) in [6.45, 7) is 6.13. The van der Waals surface area contributed by atoms with Gasteiger partial charge in [0, 0.05) is 18.4 Å². The number of ether oxygens (including phenoxy) is 1. The van der Waals surface area contributed by atoms with Crippen LogP contribution in [0.3, 0.4) is 0 Å². The van der Waals surface area contributed by atoms with Gasteiger partial charge in [0.15, 0.2) is 4.90 Å². The van der Waals surface area contributed by atoms with Crippen molar-refractivity contribution < 1.29 is 32.8 Å². The van der Waals surface area contributed by atoms with E-state index < -0.39 is 61.9 Å². The number of para-hydroxylation sites is 1. The van der Waals surface area contributed by atoms with Crippen LogP contribution < -0.4 is 5.32 Å². The van der Waals surface area contributed by atoms with Gasteiger partial charge in [-0.1, -0.05) is 31.9 Å². The average molecular weight is 545 g/mol. The van der Waals surface area contributed by atoms with E-state index in [1.165, 1.54) is 23.9 Å². The fourth-order valence-electron chi connectivity index (χ4n) is 3.37. The molecule has 1 aromatic rings. The Kier molecular flexibility index (Phi) is 10.3. The van der Waals surface area contributed by atoms with E-state index in [2.05, 4.69) is 17.2 Å². The number of sulfonamides is 1. The number of amides is 1. The summed E-state index contributed by atoms with van der Waals surface area (Å²) in [7, 11) is -4.59. The van der Waals surface area contributed by atoms with Crippen LogP contribution in [0.2, 0.25) is 0 Å². The van der Waals surface area contributed by atoms with Crippen LogP contribution in [0.5, 0.6) is 0 Å². The molecule has 0 spiro atoms. The molecule has 200 valence electrons. The van der Waals surface area contributed by atoms with Gasteiger partial charge in [-0.3, -0.25) is 15.1 Å². The highest BCUT2D eigenvalue weighted by Gasteiger charge is 2.41. The molecule has 1 aliphatic heterocycles. The molecule has 2 N–H and O–H groups in total. The highest BCUT2D eigenvalue weighted by atomic mass is 32.2. The normalized spacial score (nSPS) is 16.9. The van der Waals surface area contributed by atoms with Crippen LogP contribution in [0.4, 0.5) is 10.5 Å². The summed E-state index contributed by atoms with van der Waals surface area (Å²) in [6, 6.07) is 3.13. The Balaban J connectivity index is 2.46. The Morgan fingerprint density at radius 1 is 1.33 bits per heavy atom. The van der Waals surface area contributed by atoms with E-state index in [-0.39, 0.29) is 5.75 Å². The second-order valence-electron chi connectivity index (χ2n) is 9.11. The zero-order chi connectivity index (χ0) is 27.1. The number of rotatable bonds is 12. The number of alkyl carbamates (subject to hydrolysis) is 1. The molecule has 0 bridgehead atoms. The highest BCUT2D eigenvalue weighted by molar-refractivity contribution is 8.14. The van der Waals surface area contributed by atoms with Crippen LogP contribution in [0.1, 0.15) is 53.4 Å². The second kappa shape index (κ2) is 12.5. The lowest BCUT2D eigenvalue weighted by molar-refractivity contribution is -0.387. The van der Waals surface area contributed by atoms with Crippen molar-refractivity contribution in [2.45, 2.75) is 76.1 Å². The molecule has 14 heteroatoms. The fourth-order valence-corrected chi connectivity index (χ4v) is 6.24. The molecule has 0 saturated heterocycles. The SMILES string of the molecule is CCCCCC1=NC(N(C[C@H](NC(=O)OC(C)(C)C)C(=O)O)S(=O)(=O)c2ccccc2[N+](=O)[O-])CS1. The molecule has 2 atom stereocenters. The van der Waals surface area contributed by atoms with Gasteiger partial charge in [-0.15, -0.1) is 11.8 Å². The molecule has 1 aliphatic rings. The quantitative estimate of drug-likeness (QED) is 0.227. The second-order valence-corrected chi connectivity index (χ2v) is 12.1. The zero-order valence-corrected chi connectivity index (χ0v) is 22.3. The Labute approximate surface area is 214 Å². The van der Waals surface area contributed by atoms with Gasteiger partial charge in [-0.25, -0.2) is 18.0 Å². The molecular weight excluding hydrogens is 512 g/mol. The zero-order valence-electron chi connectivity index (χ0n) is 20.7. The first kappa shape index (κ1) is 29.5. The first-order chi connectivity index (χ1) is 16.8. The number of nitro benzene ring substituents is 1. The van der Waals surface area contributed by atoms with Crippen LogP contribution in [0, 0.1) is 10.1 Å². The summed E-state index contributed by atoms with van der Waals surface area (Å²) in [5.41, 5.74) is -1.56. The van der Waals surface area contributed by atoms with Crippen molar-refractivity contribution in [1.82, 2.24) is 9.62 Å². The third kappa shape index (κ3) is 8.17. The van der Waals surface area contributed by atoms with Crippen LogP contribution in [-0.4, -0.2) is 70.0 Å². The first-order valence-electron chi connectivity index (χ1n) is 11.4. The molecule has 0 aromatic heterocycles. The molecule has 1 amide bonds. The summed E-state index contributed by atoms with van der Waals surface area (Å²) < 4.78 is 33.3. The third-order valence-corrected chi connectivity index (χ3v) is 8.04. The van der Waals surface area contributed by atoms with E-state index >= 15 is 0 Å². The summed E-state index contributed by atoms with van der Waals surface area (Å²) in [4.78, 5) is 38.9. The van der Waals surface area contributed by atoms with E-state index in [1.807, 2.05) is 0 Å². The van der Waals surface area contributed by atoms with Crippen molar-refractivity contribution in [3.63, 3.8) is 0 Å². The maximum Gasteiger partial charge on any atom is 0.408 e. The van der Waals surface area contributed by atoms with Gasteiger partial charge >= 0.3 is 12.1 Å². The number of aliphatic imine (C=N–C) groups is 1. The molecule has 0 saturated carbocycles. The molecule has 1 aromatic carbocycles. The number of carbonyl (C=O) groups is 2. The number of hydrogen-bond acceptors (Lipinski definition) is 9. The lowest BCUT2D eigenvalue weighted by Crippen LogP contribution is -2.53. The summed E-state index contributed by atoms with van der Waals surface area (Å²) >= 11 is 1.36. The van der Waals surface area contributed by atoms with Crippen molar-refractivity contribution in [2.75, 3.05) is 12.3 Å². The first-order valence-corrected chi connectivity index (χ1v) is 13.9. The standard InChI is InChI=1S/C22H32N4O8S2/c1-5-6-7-12-19-24-18(14-35-19)25(13-15(20(27)28)23-21(29)34-22(2,3)4)36(32,33)17-11-9-8-10-16(17)26(30)31/h8-11,15,18H,5-7,12-14H2,1-4H3,(H,23,29)(H,27,28)/t15-,18?/m0/s1. The molecule has 36 heavy (non-hydrogen) atoms. The van der Waals surface area contributed by atoms with Gasteiger partial charge in [0.1, 0.15) is 17.8 Å². The predicted molar refractivity (Wildman–Crippen MR) is 136 cm³/mol. The molecule has 12 nitrogen and oxygen atoms in total. The summed E-state index contributed by atoms with van der Waals surface area (Å²) in [5, 5.41) is 24.2. The summed E-state index contributed by atoms with van der Waals surface area (Å²) in [6.07, 6.45) is 1.44. The van der Waals surface area contributed by atoms with Gasteiger partial charge < -0.3 is 15.2 Å². The van der Waals surface area contributed by atoms with E-state index in [4.69, 9.17) is 4.74 Å². The number of benzene rings is 1. The van der Waals surface area contributed by atoms with E-state index in [0.717, 1.165) is 40.7 Å². The molecular formula is C22H32N4O8S2. The number of carbonyl (C=O) groups excluding carboxylic acids is 1. The molecule has 2 rings (SSSR count). The monoisotopic (exact) mass is 544 g/mol. The van der Waals surface area contributed by atoms with Crippen LogP contribution in [0.25, 0.3) is 0 Å². The maximum absolute atomic E-state index is 13.7. The predicted octanol–water partition coefficient (Wildman–Crippen LogP) is 3.62. The summed E-state index contributed by atoms with van der Waals surface area (Å²) in [5.74, 6) is -1.29. The third-order valence-electron chi connectivity index (χ3n) is 5.02. The Bertz CT molecular complexity index is 1100. The molecule has 1 heterocycles. The van der Waals surface area contributed by atoms with Gasteiger partial charge in [0.2, 0.25) is 0 Å². The molecule has 1 unspecified atom stereocenters. The van der Waals surface area contributed by atoms with Gasteiger partial charge in [0.05, 0.1) is 9.97 Å². The lowest BCUT2D eigenvalue weighted by atomic mass is 10.2. The van der Waals surface area contributed by atoms with Crippen molar-refractivity contribution in [3.8, 4) is 0 Å². The van der Waals surface area contributed by atoms with E-state index in [1.54, 1.807) is 20.8 Å². The number of carboxylic acid groups (broad SMARTS) is 1. The number of aliphatic carboxylic acids is 1. The van der Waals surface area contributed by atoms with E-state index in [9.17, 15) is 33.2 Å². The lowest BCUT2D eigenvalue weighted by Gasteiger charge is -2.29. The van der Waals surface area contributed by atoms with Crippen molar-refractivity contribution in [1.29, 1.82) is 0 Å². The van der Waals surface area contributed by atoms with Gasteiger partial charge in [-0.2, -0.15) is 4.31 Å². The number of thioether (sulfide) groups is 1. The molecule has 0 radical (unpaired) electrons. The minimum Gasteiger partial charge on any atom is -0.480 e. The van der Waals surface area contributed by atoms with Crippen LogP contribution in [0.15, 0.2) is 34.2 Å². The van der Waals surface area contributed by atoms with Gasteiger partial charge in [0.25, 0.3) is 15.7 Å². The molecule has 0 aliphatic carbocycles. The fraction of sp³-hybridized carbons (Fsp3) is 0.591. The maximum atomic E-state index is 13.7. The van der Waals surface area contributed by atoms with Crippen LogP contribution in [-0.2, 0) is 19.6 Å². The Morgan fingerprint density at radius 2 is 2.00 bits per heavy atom. The number of hydrogen-bond donors (Lipinski definition) is 2. The average Bonchev–Trinajstić information content (AvgIpc) is 3.23. The minimum absolute atomic E-state index is 0.208. The van der Waals surface area contributed by atoms with Crippen molar-refractivity contribution in [2.24, 2.45) is 4.99 Å². The topological polar surface area (TPSA) is 169 Å². The minimum atomic E-state index is -4.59. The smallest absolute Gasteiger partial charge is 0.408 e. The number of nitro groups is 1. The number of carboxylic acids is 1. The number of nitrogens with one attached hydrogen (secondary N) is 1. The van der Waals surface area contributed by atoms with Gasteiger partial charge in [-0.05, 0) is 39.7 Å². The van der Waals surface area contributed by atoms with Crippen molar-refractivity contribution >= 4 is 44.6 Å². The van der Waals surface area contributed by atoms with Crippen molar-refractivity contribution in [3.05, 3.63) is 34.4 Å². The van der Waals surface area contributed by atoms with Crippen LogP contribution >= 0.6 is 11.8 Å². The highest BCUT2D eigenvalue weighted by Crippen LogP contribution is 2.32. The number of nitrogens with zero attached hydrogens (tertiary/aromatic N) is 3. The van der Waals surface area contributed by atoms with E-state index in [0.29, 0.717) is 6.42 Å². The Morgan fingerprint density at radius 3 is 2.58 bits per heavy atom. The number of unbranched alkanes of at least 4 members (excludes halogenated alkanes) is 2.